The van der Waals surface area contributed by atoms with Crippen molar-refractivity contribution < 1.29 is 9.53 Å². The van der Waals surface area contributed by atoms with E-state index in [0.717, 1.165) is 24.9 Å². The van der Waals surface area contributed by atoms with Crippen molar-refractivity contribution in [2.24, 2.45) is 5.73 Å². The van der Waals surface area contributed by atoms with Crippen LogP contribution in [-0.4, -0.2) is 31.2 Å². The minimum absolute atomic E-state index is 0.0617. The van der Waals surface area contributed by atoms with Gasteiger partial charge < -0.3 is 15.4 Å². The van der Waals surface area contributed by atoms with Crippen LogP contribution in [0.15, 0.2) is 24.3 Å². The van der Waals surface area contributed by atoms with Crippen LogP contribution in [0.2, 0.25) is 0 Å². The molecule has 0 radical (unpaired) electrons. The monoisotopic (exact) mass is 276 g/mol. The summed E-state index contributed by atoms with van der Waals surface area (Å²) in [5, 5.41) is 0. The van der Waals surface area contributed by atoms with Crippen molar-refractivity contribution in [1.82, 2.24) is 0 Å². The summed E-state index contributed by atoms with van der Waals surface area (Å²) < 4.78 is 5.71. The molecule has 0 spiro atoms. The molecular weight excluding hydrogens is 252 g/mol. The van der Waals surface area contributed by atoms with Gasteiger partial charge in [-0.05, 0) is 51.8 Å². The van der Waals surface area contributed by atoms with Crippen LogP contribution < -0.4 is 10.6 Å². The van der Waals surface area contributed by atoms with Gasteiger partial charge in [-0.3, -0.25) is 4.79 Å². The molecule has 1 heterocycles. The third-order valence-electron chi connectivity index (χ3n) is 3.70. The maximum atomic E-state index is 12.6. The normalized spacial score (nSPS) is 21.9. The highest BCUT2D eigenvalue weighted by molar-refractivity contribution is 5.96. The number of carbonyl (C=O) groups excluding carboxylic acids is 1. The number of carbonyl (C=O) groups is 1. The molecule has 2 rings (SSSR count). The third kappa shape index (κ3) is 3.58. The number of amides is 1. The number of aryl methyl sites for hydroxylation is 1. The Morgan fingerprint density at radius 3 is 2.60 bits per heavy atom. The zero-order chi connectivity index (χ0) is 14.5. The molecule has 1 aromatic rings. The average Bonchev–Trinajstić information content (AvgIpc) is 2.87. The number of benzene rings is 1. The molecule has 2 atom stereocenters. The van der Waals surface area contributed by atoms with Gasteiger partial charge in [0.25, 0.3) is 5.91 Å². The second-order valence-electron chi connectivity index (χ2n) is 5.48. The smallest absolute Gasteiger partial charge is 0.256 e. The average molecular weight is 276 g/mol. The van der Waals surface area contributed by atoms with E-state index in [-0.39, 0.29) is 18.1 Å². The van der Waals surface area contributed by atoms with Crippen molar-refractivity contribution >= 4 is 11.6 Å². The van der Waals surface area contributed by atoms with Gasteiger partial charge in [-0.1, -0.05) is 17.7 Å². The van der Waals surface area contributed by atoms with Gasteiger partial charge in [0.1, 0.15) is 6.10 Å². The number of nitrogens with zero attached hydrogens (tertiary/aromatic N) is 1. The molecule has 1 aliphatic heterocycles. The van der Waals surface area contributed by atoms with Crippen LogP contribution in [0.5, 0.6) is 0 Å². The van der Waals surface area contributed by atoms with Gasteiger partial charge >= 0.3 is 0 Å². The molecule has 4 nitrogen and oxygen atoms in total. The van der Waals surface area contributed by atoms with E-state index in [2.05, 4.69) is 0 Å². The molecule has 0 saturated carbocycles. The van der Waals surface area contributed by atoms with E-state index in [9.17, 15) is 4.79 Å². The van der Waals surface area contributed by atoms with Crippen LogP contribution in [0.4, 0.5) is 5.69 Å². The number of hydrogen-bond donors (Lipinski definition) is 1. The minimum atomic E-state index is -0.302. The van der Waals surface area contributed by atoms with Gasteiger partial charge in [0.2, 0.25) is 0 Å². The van der Waals surface area contributed by atoms with Crippen LogP contribution in [-0.2, 0) is 9.53 Å². The summed E-state index contributed by atoms with van der Waals surface area (Å²) in [4.78, 5) is 14.5. The lowest BCUT2D eigenvalue weighted by molar-refractivity contribution is -0.129. The zero-order valence-corrected chi connectivity index (χ0v) is 12.3. The molecule has 2 unspecified atom stereocenters. The first-order valence-corrected chi connectivity index (χ1v) is 7.35. The van der Waals surface area contributed by atoms with Crippen LogP contribution >= 0.6 is 0 Å². The van der Waals surface area contributed by atoms with Gasteiger partial charge in [0.15, 0.2) is 0 Å². The minimum Gasteiger partial charge on any atom is -0.365 e. The van der Waals surface area contributed by atoms with Gasteiger partial charge in [0.05, 0.1) is 6.10 Å². The number of rotatable bonds is 5. The standard InChI is InChI=1S/C16H24N2O2/c1-12-4-7-14(8-5-12)18(11-3-10-17)16(19)15-9-6-13(2)20-15/h4-5,7-8,13,15H,3,6,9-11,17H2,1-2H3. The first-order chi connectivity index (χ1) is 9.61. The van der Waals surface area contributed by atoms with E-state index in [0.29, 0.717) is 13.1 Å². The van der Waals surface area contributed by atoms with Crippen molar-refractivity contribution in [2.45, 2.75) is 45.3 Å². The highest BCUT2D eigenvalue weighted by atomic mass is 16.5. The van der Waals surface area contributed by atoms with Gasteiger partial charge in [-0.2, -0.15) is 0 Å². The van der Waals surface area contributed by atoms with E-state index in [1.165, 1.54) is 5.56 Å². The highest BCUT2D eigenvalue weighted by Gasteiger charge is 2.31. The van der Waals surface area contributed by atoms with E-state index in [4.69, 9.17) is 10.5 Å². The predicted molar refractivity (Wildman–Crippen MR) is 80.8 cm³/mol. The van der Waals surface area contributed by atoms with E-state index >= 15 is 0 Å². The fourth-order valence-electron chi connectivity index (χ4n) is 2.50. The Bertz CT molecular complexity index is 444. The Hall–Kier alpha value is -1.39. The molecular formula is C16H24N2O2. The Morgan fingerprint density at radius 2 is 2.05 bits per heavy atom. The molecule has 1 aliphatic rings. The molecule has 1 fully saturated rings. The predicted octanol–water partition coefficient (Wildman–Crippen LogP) is 2.24. The van der Waals surface area contributed by atoms with Crippen LogP contribution in [0.1, 0.15) is 31.7 Å². The molecule has 20 heavy (non-hydrogen) atoms. The van der Waals surface area contributed by atoms with E-state index in [1.807, 2.05) is 43.0 Å². The summed E-state index contributed by atoms with van der Waals surface area (Å²) in [5.74, 6) is 0.0617. The van der Waals surface area contributed by atoms with Crippen molar-refractivity contribution in [3.63, 3.8) is 0 Å². The number of hydrogen-bond acceptors (Lipinski definition) is 3. The summed E-state index contributed by atoms with van der Waals surface area (Å²) in [5.41, 5.74) is 7.70. The van der Waals surface area contributed by atoms with Gasteiger partial charge in [0, 0.05) is 12.2 Å². The quantitative estimate of drug-likeness (QED) is 0.897. The SMILES string of the molecule is Cc1ccc(N(CCCN)C(=O)C2CCC(C)O2)cc1. The lowest BCUT2D eigenvalue weighted by Gasteiger charge is -2.25. The molecule has 0 aromatic heterocycles. The van der Waals surface area contributed by atoms with E-state index < -0.39 is 0 Å². The maximum Gasteiger partial charge on any atom is 0.256 e. The van der Waals surface area contributed by atoms with Gasteiger partial charge in [-0.25, -0.2) is 0 Å². The molecule has 1 saturated heterocycles. The summed E-state index contributed by atoms with van der Waals surface area (Å²) in [6, 6.07) is 8.02. The fourth-order valence-corrected chi connectivity index (χ4v) is 2.50. The summed E-state index contributed by atoms with van der Waals surface area (Å²) in [6.07, 6.45) is 2.43. The largest absolute Gasteiger partial charge is 0.365 e. The Balaban J connectivity index is 2.14. The second-order valence-corrected chi connectivity index (χ2v) is 5.48. The molecule has 0 bridgehead atoms. The number of anilines is 1. The Kier molecular flexibility index (Phi) is 5.15. The first-order valence-electron chi connectivity index (χ1n) is 7.35. The third-order valence-corrected chi connectivity index (χ3v) is 3.70. The molecule has 2 N–H and O–H groups in total. The zero-order valence-electron chi connectivity index (χ0n) is 12.3. The van der Waals surface area contributed by atoms with Crippen molar-refractivity contribution in [2.75, 3.05) is 18.0 Å². The highest BCUT2D eigenvalue weighted by Crippen LogP contribution is 2.24. The summed E-state index contributed by atoms with van der Waals surface area (Å²) >= 11 is 0. The molecule has 110 valence electrons. The van der Waals surface area contributed by atoms with Crippen molar-refractivity contribution in [3.8, 4) is 0 Å². The van der Waals surface area contributed by atoms with Crippen LogP contribution in [0.3, 0.4) is 0 Å². The molecule has 0 aliphatic carbocycles. The number of ether oxygens (including phenoxy) is 1. The topological polar surface area (TPSA) is 55.6 Å². The van der Waals surface area contributed by atoms with E-state index in [1.54, 1.807) is 0 Å². The summed E-state index contributed by atoms with van der Waals surface area (Å²) in [6.45, 7) is 5.28. The first kappa shape index (κ1) is 15.0. The van der Waals surface area contributed by atoms with Crippen LogP contribution in [0.25, 0.3) is 0 Å². The fraction of sp³-hybridized carbons (Fsp3) is 0.562. The lowest BCUT2D eigenvalue weighted by Crippen LogP contribution is -2.40. The van der Waals surface area contributed by atoms with Gasteiger partial charge in [-0.15, -0.1) is 0 Å². The number of nitrogens with two attached hydrogens (primary N) is 1. The maximum absolute atomic E-state index is 12.6. The lowest BCUT2D eigenvalue weighted by atomic mass is 10.1. The van der Waals surface area contributed by atoms with Crippen molar-refractivity contribution in [3.05, 3.63) is 29.8 Å². The molecule has 1 amide bonds. The molecule has 1 aromatic carbocycles. The summed E-state index contributed by atoms with van der Waals surface area (Å²) in [7, 11) is 0. The Labute approximate surface area is 120 Å². The second kappa shape index (κ2) is 6.86. The Morgan fingerprint density at radius 1 is 1.35 bits per heavy atom. The van der Waals surface area contributed by atoms with Crippen molar-refractivity contribution in [1.29, 1.82) is 0 Å². The van der Waals surface area contributed by atoms with Crippen LogP contribution in [0, 0.1) is 6.92 Å². The molecule has 4 heteroatoms.